The number of benzene rings is 1. The summed E-state index contributed by atoms with van der Waals surface area (Å²) in [7, 11) is 0. The van der Waals surface area contributed by atoms with Crippen LogP contribution in [-0.2, 0) is 6.42 Å². The molecule has 0 bridgehead atoms. The molecule has 0 amide bonds. The fraction of sp³-hybridized carbons (Fsp3) is 0.312. The fourth-order valence-corrected chi connectivity index (χ4v) is 2.81. The highest BCUT2D eigenvalue weighted by atomic mass is 16.3. The summed E-state index contributed by atoms with van der Waals surface area (Å²) in [6.45, 7) is 3.78. The molecule has 6 heteroatoms. The first kappa shape index (κ1) is 14.3. The Bertz CT molecular complexity index is 808. The van der Waals surface area contributed by atoms with Crippen molar-refractivity contribution in [1.29, 1.82) is 0 Å². The van der Waals surface area contributed by atoms with E-state index < -0.39 is 0 Å². The van der Waals surface area contributed by atoms with Crippen LogP contribution in [0, 0.1) is 13.8 Å². The largest absolute Gasteiger partial charge is 0.507 e. The number of nitrogens with one attached hydrogen (secondary N) is 2. The van der Waals surface area contributed by atoms with Gasteiger partial charge < -0.3 is 5.11 Å². The first-order valence-corrected chi connectivity index (χ1v) is 7.27. The van der Waals surface area contributed by atoms with Gasteiger partial charge in [-0.25, -0.2) is 10.4 Å². The average molecular weight is 298 g/mol. The molecule has 2 aromatic rings. The third-order valence-electron chi connectivity index (χ3n) is 3.82. The van der Waals surface area contributed by atoms with Gasteiger partial charge in [-0.05, 0) is 50.3 Å². The smallest absolute Gasteiger partial charge is 0.252 e. The lowest BCUT2D eigenvalue weighted by Crippen LogP contribution is -2.16. The molecule has 0 spiro atoms. The minimum Gasteiger partial charge on any atom is -0.507 e. The number of aromatic hydroxyl groups is 1. The summed E-state index contributed by atoms with van der Waals surface area (Å²) in [6.07, 6.45) is 2.69. The van der Waals surface area contributed by atoms with E-state index in [9.17, 15) is 9.90 Å². The minimum absolute atomic E-state index is 0.224. The van der Waals surface area contributed by atoms with E-state index in [2.05, 4.69) is 20.5 Å². The van der Waals surface area contributed by atoms with Gasteiger partial charge in [-0.2, -0.15) is 5.10 Å². The van der Waals surface area contributed by atoms with Gasteiger partial charge in [0.15, 0.2) is 0 Å². The molecule has 1 aromatic carbocycles. The minimum atomic E-state index is -0.224. The molecule has 0 fully saturated rings. The van der Waals surface area contributed by atoms with Crippen LogP contribution in [-0.4, -0.2) is 20.8 Å². The zero-order valence-corrected chi connectivity index (χ0v) is 12.6. The maximum atomic E-state index is 11.4. The number of aromatic amines is 1. The molecule has 1 aliphatic carbocycles. The Morgan fingerprint density at radius 1 is 1.32 bits per heavy atom. The topological polar surface area (TPSA) is 90.4 Å². The van der Waals surface area contributed by atoms with E-state index in [1.807, 2.05) is 13.0 Å². The normalized spacial score (nSPS) is 15.6. The molecule has 0 saturated heterocycles. The van der Waals surface area contributed by atoms with Crippen molar-refractivity contribution >= 4 is 11.7 Å². The number of H-pyrrole nitrogens is 1. The highest BCUT2D eigenvalue weighted by Gasteiger charge is 2.21. The van der Waals surface area contributed by atoms with Crippen LogP contribution in [0.15, 0.2) is 28.1 Å². The van der Waals surface area contributed by atoms with E-state index in [-0.39, 0.29) is 11.3 Å². The molecule has 1 aliphatic rings. The van der Waals surface area contributed by atoms with Crippen LogP contribution in [0.5, 0.6) is 5.75 Å². The van der Waals surface area contributed by atoms with Crippen LogP contribution in [0.4, 0.5) is 5.95 Å². The molecule has 3 N–H and O–H groups in total. The number of aromatic nitrogens is 2. The average Bonchev–Trinajstić information content (AvgIpc) is 2.48. The molecule has 0 radical (unpaired) electrons. The predicted octanol–water partition coefficient (Wildman–Crippen LogP) is 2.24. The second-order valence-corrected chi connectivity index (χ2v) is 5.51. The van der Waals surface area contributed by atoms with Crippen LogP contribution < -0.4 is 11.0 Å². The lowest BCUT2D eigenvalue weighted by atomic mass is 9.86. The SMILES string of the molecule is Cc1cc(=O)[nH]c(N/N=C2\CCCc3c(C)ccc(O)c32)n1. The molecule has 22 heavy (non-hydrogen) atoms. The van der Waals surface area contributed by atoms with Gasteiger partial charge in [-0.1, -0.05) is 6.07 Å². The Morgan fingerprint density at radius 3 is 2.91 bits per heavy atom. The summed E-state index contributed by atoms with van der Waals surface area (Å²) in [5, 5.41) is 14.5. The van der Waals surface area contributed by atoms with Crippen molar-refractivity contribution in [3.8, 4) is 5.75 Å². The first-order valence-electron chi connectivity index (χ1n) is 7.27. The zero-order chi connectivity index (χ0) is 15.7. The van der Waals surface area contributed by atoms with Crippen LogP contribution in [0.1, 0.15) is 35.2 Å². The molecule has 114 valence electrons. The summed E-state index contributed by atoms with van der Waals surface area (Å²) in [5.74, 6) is 0.545. The lowest BCUT2D eigenvalue weighted by molar-refractivity contribution is 0.472. The molecule has 0 aliphatic heterocycles. The summed E-state index contributed by atoms with van der Waals surface area (Å²) in [5.41, 5.74) is 7.06. The number of nitrogens with zero attached hydrogens (tertiary/aromatic N) is 2. The van der Waals surface area contributed by atoms with Gasteiger partial charge in [0.25, 0.3) is 5.56 Å². The summed E-state index contributed by atoms with van der Waals surface area (Å²) in [4.78, 5) is 18.2. The van der Waals surface area contributed by atoms with Gasteiger partial charge in [0, 0.05) is 17.3 Å². The highest BCUT2D eigenvalue weighted by Crippen LogP contribution is 2.31. The van der Waals surface area contributed by atoms with Crippen molar-refractivity contribution in [2.24, 2.45) is 5.10 Å². The van der Waals surface area contributed by atoms with Gasteiger partial charge in [0.05, 0.1) is 5.71 Å². The van der Waals surface area contributed by atoms with Crippen molar-refractivity contribution in [3.05, 3.63) is 50.9 Å². The highest BCUT2D eigenvalue weighted by molar-refractivity contribution is 6.05. The van der Waals surface area contributed by atoms with Gasteiger partial charge in [0.1, 0.15) is 5.75 Å². The lowest BCUT2D eigenvalue weighted by Gasteiger charge is -2.21. The summed E-state index contributed by atoms with van der Waals surface area (Å²) >= 11 is 0. The van der Waals surface area contributed by atoms with Gasteiger partial charge in [0.2, 0.25) is 5.95 Å². The molecular formula is C16H18N4O2. The van der Waals surface area contributed by atoms with Crippen molar-refractivity contribution in [1.82, 2.24) is 9.97 Å². The van der Waals surface area contributed by atoms with Crippen LogP contribution in [0.25, 0.3) is 0 Å². The van der Waals surface area contributed by atoms with Crippen LogP contribution in [0.3, 0.4) is 0 Å². The molecule has 1 heterocycles. The third kappa shape index (κ3) is 2.72. The number of phenolic OH excluding ortho intramolecular Hbond substituents is 1. The van der Waals surface area contributed by atoms with E-state index >= 15 is 0 Å². The second-order valence-electron chi connectivity index (χ2n) is 5.51. The van der Waals surface area contributed by atoms with Crippen molar-refractivity contribution in [3.63, 3.8) is 0 Å². The Labute approximate surface area is 127 Å². The zero-order valence-electron chi connectivity index (χ0n) is 12.6. The number of hydrogen-bond acceptors (Lipinski definition) is 5. The Hall–Kier alpha value is -2.63. The van der Waals surface area contributed by atoms with Gasteiger partial charge in [-0.15, -0.1) is 0 Å². The number of hydrogen-bond donors (Lipinski definition) is 3. The van der Waals surface area contributed by atoms with E-state index in [1.54, 1.807) is 13.0 Å². The Morgan fingerprint density at radius 2 is 2.14 bits per heavy atom. The number of hydrazone groups is 1. The molecule has 1 aromatic heterocycles. The standard InChI is InChI=1S/C16H18N4O2/c1-9-6-7-13(21)15-11(9)4-3-5-12(15)19-20-16-17-10(2)8-14(22)18-16/h6-8,21H,3-5H2,1-2H3,(H2,17,18,20,22)/b19-12+. The van der Waals surface area contributed by atoms with Gasteiger partial charge in [-0.3, -0.25) is 9.78 Å². The number of fused-ring (bicyclic) bond motifs is 1. The maximum absolute atomic E-state index is 11.4. The van der Waals surface area contributed by atoms with Crippen molar-refractivity contribution in [2.75, 3.05) is 5.43 Å². The number of rotatable bonds is 2. The molecule has 0 atom stereocenters. The molecule has 6 nitrogen and oxygen atoms in total. The van der Waals surface area contributed by atoms with E-state index in [0.717, 1.165) is 41.7 Å². The Balaban J connectivity index is 1.97. The maximum Gasteiger partial charge on any atom is 0.252 e. The van der Waals surface area contributed by atoms with E-state index in [4.69, 9.17) is 0 Å². The predicted molar refractivity (Wildman–Crippen MR) is 85.5 cm³/mol. The van der Waals surface area contributed by atoms with E-state index in [1.165, 1.54) is 6.07 Å². The molecule has 0 unspecified atom stereocenters. The quantitative estimate of drug-likeness (QED) is 0.742. The number of aryl methyl sites for hydroxylation is 2. The monoisotopic (exact) mass is 298 g/mol. The Kier molecular flexibility index (Phi) is 3.66. The summed E-state index contributed by atoms with van der Waals surface area (Å²) in [6, 6.07) is 5.04. The fourth-order valence-electron chi connectivity index (χ4n) is 2.81. The number of anilines is 1. The van der Waals surface area contributed by atoms with Crippen molar-refractivity contribution in [2.45, 2.75) is 33.1 Å². The van der Waals surface area contributed by atoms with E-state index in [0.29, 0.717) is 11.6 Å². The summed E-state index contributed by atoms with van der Waals surface area (Å²) < 4.78 is 0. The van der Waals surface area contributed by atoms with Crippen LogP contribution in [0.2, 0.25) is 0 Å². The second kappa shape index (κ2) is 5.63. The molecule has 0 saturated carbocycles. The van der Waals surface area contributed by atoms with Crippen LogP contribution >= 0.6 is 0 Å². The number of phenols is 1. The molecular weight excluding hydrogens is 280 g/mol. The first-order chi connectivity index (χ1) is 10.5. The third-order valence-corrected chi connectivity index (χ3v) is 3.82. The molecule has 3 rings (SSSR count). The van der Waals surface area contributed by atoms with Crippen molar-refractivity contribution < 1.29 is 5.11 Å². The van der Waals surface area contributed by atoms with Gasteiger partial charge >= 0.3 is 0 Å².